The van der Waals surface area contributed by atoms with Gasteiger partial charge in [0, 0.05) is 24.2 Å². The maximum atomic E-state index is 12.8. The van der Waals surface area contributed by atoms with Gasteiger partial charge in [-0.2, -0.15) is 0 Å². The predicted molar refractivity (Wildman–Crippen MR) is 114 cm³/mol. The highest BCUT2D eigenvalue weighted by Crippen LogP contribution is 2.28. The highest BCUT2D eigenvalue weighted by atomic mass is 32.1. The van der Waals surface area contributed by atoms with E-state index in [4.69, 9.17) is 4.42 Å². The van der Waals surface area contributed by atoms with E-state index in [1.54, 1.807) is 4.90 Å². The van der Waals surface area contributed by atoms with Crippen molar-refractivity contribution < 1.29 is 14.0 Å². The molecular weight excluding hydrogens is 386 g/mol. The maximum absolute atomic E-state index is 12.8. The number of likely N-dealkylation sites (tertiary alicyclic amines) is 1. The van der Waals surface area contributed by atoms with Gasteiger partial charge in [-0.25, -0.2) is 4.98 Å². The molecule has 29 heavy (non-hydrogen) atoms. The summed E-state index contributed by atoms with van der Waals surface area (Å²) in [5.74, 6) is 0.403. The molecule has 1 saturated heterocycles. The fourth-order valence-corrected chi connectivity index (χ4v) is 4.19. The summed E-state index contributed by atoms with van der Waals surface area (Å²) in [7, 11) is 0. The van der Waals surface area contributed by atoms with Crippen LogP contribution in [-0.4, -0.2) is 34.8 Å². The molecule has 3 heterocycles. The third-order valence-electron chi connectivity index (χ3n) is 5.11. The molecule has 2 aromatic heterocycles. The van der Waals surface area contributed by atoms with E-state index in [2.05, 4.69) is 10.3 Å². The van der Waals surface area contributed by atoms with E-state index in [0.29, 0.717) is 30.3 Å². The van der Waals surface area contributed by atoms with Crippen molar-refractivity contribution in [2.45, 2.75) is 39.0 Å². The van der Waals surface area contributed by atoms with Gasteiger partial charge in [0.25, 0.3) is 5.91 Å². The number of anilines is 1. The van der Waals surface area contributed by atoms with Gasteiger partial charge >= 0.3 is 0 Å². The first-order valence-electron chi connectivity index (χ1n) is 9.86. The van der Waals surface area contributed by atoms with Crippen LogP contribution in [-0.2, 0) is 10.2 Å². The van der Waals surface area contributed by atoms with Gasteiger partial charge in [-0.05, 0) is 42.5 Å². The van der Waals surface area contributed by atoms with Crippen LogP contribution in [0, 0.1) is 5.92 Å². The molecule has 0 unspecified atom stereocenters. The number of oxazole rings is 1. The lowest BCUT2D eigenvalue weighted by atomic mass is 9.97. The van der Waals surface area contributed by atoms with Gasteiger partial charge in [0.05, 0.1) is 10.8 Å². The maximum Gasteiger partial charge on any atom is 0.263 e. The summed E-state index contributed by atoms with van der Waals surface area (Å²) >= 11 is 1.43. The average molecular weight is 412 g/mol. The van der Waals surface area contributed by atoms with Crippen LogP contribution >= 0.6 is 11.3 Å². The van der Waals surface area contributed by atoms with E-state index in [0.717, 1.165) is 23.2 Å². The molecule has 7 heteroatoms. The monoisotopic (exact) mass is 411 g/mol. The quantitative estimate of drug-likeness (QED) is 0.679. The lowest BCUT2D eigenvalue weighted by Crippen LogP contribution is -2.43. The predicted octanol–water partition coefficient (Wildman–Crippen LogP) is 4.68. The molecule has 4 rings (SSSR count). The smallest absolute Gasteiger partial charge is 0.263 e. The number of hydrogen-bond donors (Lipinski definition) is 1. The Bertz CT molecular complexity index is 1030. The zero-order valence-corrected chi connectivity index (χ0v) is 17.7. The zero-order chi connectivity index (χ0) is 20.6. The molecule has 0 aliphatic carbocycles. The fourth-order valence-electron chi connectivity index (χ4n) is 3.50. The van der Waals surface area contributed by atoms with Gasteiger partial charge in [-0.1, -0.05) is 26.8 Å². The second kappa shape index (κ2) is 7.63. The largest absolute Gasteiger partial charge is 0.440 e. The van der Waals surface area contributed by atoms with E-state index >= 15 is 0 Å². The van der Waals surface area contributed by atoms with Crippen LogP contribution in [0.1, 0.15) is 49.2 Å². The molecular formula is C22H25N3O3S. The lowest BCUT2D eigenvalue weighted by Gasteiger charge is -2.31. The minimum atomic E-state index is -0.217. The van der Waals surface area contributed by atoms with Gasteiger partial charge in [-0.3, -0.25) is 9.59 Å². The summed E-state index contributed by atoms with van der Waals surface area (Å²) in [5.41, 5.74) is 1.95. The van der Waals surface area contributed by atoms with Crippen LogP contribution in [0.15, 0.2) is 40.1 Å². The number of amides is 2. The Morgan fingerprint density at radius 2 is 2.10 bits per heavy atom. The van der Waals surface area contributed by atoms with Gasteiger partial charge < -0.3 is 14.6 Å². The highest BCUT2D eigenvalue weighted by Gasteiger charge is 2.29. The minimum absolute atomic E-state index is 0.0104. The number of benzene rings is 1. The third kappa shape index (κ3) is 4.19. The molecule has 0 radical (unpaired) electrons. The Balaban J connectivity index is 1.45. The minimum Gasteiger partial charge on any atom is -0.440 e. The van der Waals surface area contributed by atoms with Gasteiger partial charge in [0.2, 0.25) is 11.8 Å². The van der Waals surface area contributed by atoms with Crippen LogP contribution in [0.2, 0.25) is 0 Å². The van der Waals surface area contributed by atoms with E-state index in [1.165, 1.54) is 11.3 Å². The topological polar surface area (TPSA) is 75.4 Å². The van der Waals surface area contributed by atoms with E-state index in [9.17, 15) is 9.59 Å². The van der Waals surface area contributed by atoms with Crippen LogP contribution in [0.25, 0.3) is 11.1 Å². The summed E-state index contributed by atoms with van der Waals surface area (Å²) < 4.78 is 5.82. The summed E-state index contributed by atoms with van der Waals surface area (Å²) in [6, 6.07) is 9.20. The number of carbonyl (C=O) groups excluding carboxylic acids is 2. The van der Waals surface area contributed by atoms with Crippen LogP contribution in [0.3, 0.4) is 0 Å². The van der Waals surface area contributed by atoms with Crippen LogP contribution in [0.5, 0.6) is 0 Å². The molecule has 1 aromatic carbocycles. The van der Waals surface area contributed by atoms with E-state index in [-0.39, 0.29) is 23.1 Å². The first kappa shape index (κ1) is 19.6. The molecule has 1 aliphatic rings. The summed E-state index contributed by atoms with van der Waals surface area (Å²) in [5, 5.41) is 4.89. The van der Waals surface area contributed by atoms with Gasteiger partial charge in [0.15, 0.2) is 5.58 Å². The van der Waals surface area contributed by atoms with Crippen molar-refractivity contribution >= 4 is 39.9 Å². The fraction of sp³-hybridized carbons (Fsp3) is 0.409. The molecule has 0 bridgehead atoms. The number of hydrogen-bond acceptors (Lipinski definition) is 5. The van der Waals surface area contributed by atoms with Crippen molar-refractivity contribution in [1.82, 2.24) is 9.88 Å². The molecule has 6 nitrogen and oxygen atoms in total. The molecule has 0 spiro atoms. The van der Waals surface area contributed by atoms with Crippen molar-refractivity contribution in [1.29, 1.82) is 0 Å². The van der Waals surface area contributed by atoms with E-state index < -0.39 is 0 Å². The number of thiophene rings is 1. The van der Waals surface area contributed by atoms with Crippen molar-refractivity contribution in [3.05, 3.63) is 46.5 Å². The standard InChI is InChI=1S/C22H25N3O3S/c1-22(2,3)21-24-16-12-15(8-9-17(16)28-21)23-19(26)14-6-4-10-25(13-14)20(27)18-7-5-11-29-18/h5,7-9,11-12,14H,4,6,10,13H2,1-3H3,(H,23,26)/t14-/m0/s1. The Labute approximate surface area is 173 Å². The lowest BCUT2D eigenvalue weighted by molar-refractivity contribution is -0.121. The molecule has 0 saturated carbocycles. The van der Waals surface area contributed by atoms with Crippen molar-refractivity contribution in [2.24, 2.45) is 5.92 Å². The average Bonchev–Trinajstić information content (AvgIpc) is 3.36. The number of rotatable bonds is 3. The summed E-state index contributed by atoms with van der Waals surface area (Å²) in [4.78, 5) is 32.5. The molecule has 1 N–H and O–H groups in total. The molecule has 1 atom stereocenters. The van der Waals surface area contributed by atoms with E-state index in [1.807, 2.05) is 56.5 Å². The van der Waals surface area contributed by atoms with Crippen molar-refractivity contribution in [3.8, 4) is 0 Å². The first-order valence-corrected chi connectivity index (χ1v) is 10.7. The van der Waals surface area contributed by atoms with Crippen molar-refractivity contribution in [2.75, 3.05) is 18.4 Å². The molecule has 3 aromatic rings. The number of aromatic nitrogens is 1. The number of carbonyl (C=O) groups is 2. The second-order valence-corrected chi connectivity index (χ2v) is 9.46. The van der Waals surface area contributed by atoms with Crippen molar-refractivity contribution in [3.63, 3.8) is 0 Å². The normalized spacial score (nSPS) is 17.5. The second-order valence-electron chi connectivity index (χ2n) is 8.51. The molecule has 2 amide bonds. The number of fused-ring (bicyclic) bond motifs is 1. The molecule has 152 valence electrons. The first-order chi connectivity index (χ1) is 13.8. The summed E-state index contributed by atoms with van der Waals surface area (Å²) in [6.07, 6.45) is 1.60. The van der Waals surface area contributed by atoms with Gasteiger partial charge in [-0.15, -0.1) is 11.3 Å². The van der Waals surface area contributed by atoms with Crippen LogP contribution in [0.4, 0.5) is 5.69 Å². The highest BCUT2D eigenvalue weighted by molar-refractivity contribution is 7.12. The number of nitrogens with one attached hydrogen (secondary N) is 1. The zero-order valence-electron chi connectivity index (χ0n) is 16.9. The SMILES string of the molecule is CC(C)(C)c1nc2cc(NC(=O)[C@H]3CCCN(C(=O)c4cccs4)C3)ccc2o1. The Kier molecular flexibility index (Phi) is 5.17. The molecule has 1 fully saturated rings. The van der Waals surface area contributed by atoms with Gasteiger partial charge in [0.1, 0.15) is 5.52 Å². The summed E-state index contributed by atoms with van der Waals surface area (Å²) in [6.45, 7) is 7.29. The Morgan fingerprint density at radius 1 is 1.28 bits per heavy atom. The Morgan fingerprint density at radius 3 is 2.83 bits per heavy atom. The number of piperidine rings is 1. The third-order valence-corrected chi connectivity index (χ3v) is 5.97. The number of nitrogens with zero attached hydrogens (tertiary/aromatic N) is 2. The van der Waals surface area contributed by atoms with Crippen LogP contribution < -0.4 is 5.32 Å². The molecule has 1 aliphatic heterocycles. The Hall–Kier alpha value is -2.67.